The van der Waals surface area contributed by atoms with Crippen LogP contribution in [0, 0.1) is 0 Å². The number of para-hydroxylation sites is 1. The molecule has 186 valence electrons. The Hall–Kier alpha value is -3.59. The molecule has 1 unspecified atom stereocenters. The van der Waals surface area contributed by atoms with Crippen molar-refractivity contribution in [2.75, 3.05) is 13.7 Å². The van der Waals surface area contributed by atoms with Crippen LogP contribution in [0.3, 0.4) is 0 Å². The number of hydrogen-bond acceptors (Lipinski definition) is 7. The number of aliphatic carboxylic acids is 1. The van der Waals surface area contributed by atoms with Gasteiger partial charge in [0, 0.05) is 17.7 Å². The smallest absolute Gasteiger partial charge is 0.334 e. The van der Waals surface area contributed by atoms with Crippen LogP contribution in [0.5, 0.6) is 5.75 Å². The summed E-state index contributed by atoms with van der Waals surface area (Å²) in [4.78, 5) is 24.4. The molecule has 0 saturated carbocycles. The summed E-state index contributed by atoms with van der Waals surface area (Å²) in [6.07, 6.45) is 0.409. The highest BCUT2D eigenvalue weighted by Gasteiger charge is 2.42. The number of benzene rings is 2. The maximum absolute atomic E-state index is 13.9. The van der Waals surface area contributed by atoms with Gasteiger partial charge in [-0.2, -0.15) is 0 Å². The summed E-state index contributed by atoms with van der Waals surface area (Å²) in [6, 6.07) is 15.4. The lowest BCUT2D eigenvalue weighted by Crippen LogP contribution is -2.35. The predicted molar refractivity (Wildman–Crippen MR) is 131 cm³/mol. The number of rotatable bonds is 10. The van der Waals surface area contributed by atoms with Gasteiger partial charge < -0.3 is 19.9 Å². The van der Waals surface area contributed by atoms with Gasteiger partial charge in [0.15, 0.2) is 9.84 Å². The SMILES string of the molecule is CCC(=O)OCC1=C(C(=O)O)C(c2ccccc2OC)C(S(=O)(=O)Cc2ccccc2)=C(CC)N1. The van der Waals surface area contributed by atoms with Crippen molar-refractivity contribution in [3.05, 3.63) is 87.6 Å². The minimum Gasteiger partial charge on any atom is -0.496 e. The van der Waals surface area contributed by atoms with Crippen molar-refractivity contribution in [3.63, 3.8) is 0 Å². The van der Waals surface area contributed by atoms with Gasteiger partial charge in [0.1, 0.15) is 12.4 Å². The van der Waals surface area contributed by atoms with Crippen LogP contribution in [0.2, 0.25) is 0 Å². The molecule has 0 radical (unpaired) electrons. The Labute approximate surface area is 205 Å². The summed E-state index contributed by atoms with van der Waals surface area (Å²) >= 11 is 0. The summed E-state index contributed by atoms with van der Waals surface area (Å²) in [6.45, 7) is 3.09. The minimum atomic E-state index is -3.99. The third-order valence-corrected chi connectivity index (χ3v) is 7.58. The van der Waals surface area contributed by atoms with E-state index in [0.717, 1.165) is 0 Å². The Bertz CT molecular complexity index is 1260. The Balaban J connectivity index is 2.26. The van der Waals surface area contributed by atoms with Gasteiger partial charge in [-0.15, -0.1) is 0 Å². The topological polar surface area (TPSA) is 119 Å². The summed E-state index contributed by atoms with van der Waals surface area (Å²) in [5.41, 5.74) is 1.25. The average molecular weight is 500 g/mol. The average Bonchev–Trinajstić information content (AvgIpc) is 2.86. The Morgan fingerprint density at radius 3 is 2.26 bits per heavy atom. The first-order valence-electron chi connectivity index (χ1n) is 11.2. The molecule has 8 nitrogen and oxygen atoms in total. The third-order valence-electron chi connectivity index (χ3n) is 5.71. The van der Waals surface area contributed by atoms with E-state index in [-0.39, 0.29) is 41.4 Å². The van der Waals surface area contributed by atoms with Crippen LogP contribution in [-0.4, -0.2) is 39.2 Å². The minimum absolute atomic E-state index is 0.0312. The van der Waals surface area contributed by atoms with Crippen molar-refractivity contribution >= 4 is 21.8 Å². The second-order valence-electron chi connectivity index (χ2n) is 7.95. The van der Waals surface area contributed by atoms with Crippen LogP contribution in [-0.2, 0) is 29.9 Å². The van der Waals surface area contributed by atoms with Crippen LogP contribution < -0.4 is 10.1 Å². The van der Waals surface area contributed by atoms with Gasteiger partial charge >= 0.3 is 11.9 Å². The molecule has 0 amide bonds. The molecule has 9 heteroatoms. The van der Waals surface area contributed by atoms with E-state index in [4.69, 9.17) is 9.47 Å². The standard InChI is InChI=1S/C26H29NO7S/c1-4-19-25(35(31,32)16-17-11-7-6-8-12-17)23(18-13-9-10-14-21(18)33-3)24(26(29)30)20(27-19)15-34-22(28)5-2/h6-14,23,27H,4-5,15-16H2,1-3H3,(H,29,30). The molecule has 1 aliphatic heterocycles. The number of ether oxygens (including phenoxy) is 2. The van der Waals surface area contributed by atoms with Crippen LogP contribution in [0.15, 0.2) is 76.5 Å². The maximum atomic E-state index is 13.9. The lowest BCUT2D eigenvalue weighted by Gasteiger charge is -2.33. The second-order valence-corrected chi connectivity index (χ2v) is 9.91. The van der Waals surface area contributed by atoms with Crippen molar-refractivity contribution < 1.29 is 32.6 Å². The van der Waals surface area contributed by atoms with Crippen molar-refractivity contribution in [3.8, 4) is 5.75 Å². The number of carboxylic acid groups (broad SMARTS) is 1. The fourth-order valence-electron chi connectivity index (χ4n) is 4.11. The van der Waals surface area contributed by atoms with Gasteiger partial charge in [-0.25, -0.2) is 13.2 Å². The molecule has 0 saturated heterocycles. The number of hydrogen-bond donors (Lipinski definition) is 2. The highest BCUT2D eigenvalue weighted by atomic mass is 32.2. The molecule has 0 aliphatic carbocycles. The summed E-state index contributed by atoms with van der Waals surface area (Å²) in [5, 5.41) is 13.2. The zero-order chi connectivity index (χ0) is 25.6. The molecular formula is C26H29NO7S. The van der Waals surface area contributed by atoms with Crippen LogP contribution in [0.4, 0.5) is 0 Å². The number of sulfone groups is 1. The van der Waals surface area contributed by atoms with E-state index >= 15 is 0 Å². The summed E-state index contributed by atoms with van der Waals surface area (Å²) in [7, 11) is -2.55. The van der Waals surface area contributed by atoms with Gasteiger partial charge in [-0.3, -0.25) is 4.79 Å². The largest absolute Gasteiger partial charge is 0.496 e. The Kier molecular flexibility index (Phi) is 8.34. The molecule has 1 aliphatic rings. The number of allylic oxidation sites excluding steroid dienone is 2. The lowest BCUT2D eigenvalue weighted by molar-refractivity contribution is -0.142. The van der Waals surface area contributed by atoms with Gasteiger partial charge in [-0.05, 0) is 18.1 Å². The third kappa shape index (κ3) is 5.74. The van der Waals surface area contributed by atoms with Crippen molar-refractivity contribution in [2.45, 2.75) is 38.4 Å². The van der Waals surface area contributed by atoms with Gasteiger partial charge in [0.05, 0.1) is 35.0 Å². The fraction of sp³-hybridized carbons (Fsp3) is 0.308. The van der Waals surface area contributed by atoms with E-state index in [2.05, 4.69) is 5.32 Å². The quantitative estimate of drug-likeness (QED) is 0.472. The number of esters is 1. The molecule has 1 atom stereocenters. The van der Waals surface area contributed by atoms with E-state index in [1.807, 2.05) is 0 Å². The predicted octanol–water partition coefficient (Wildman–Crippen LogP) is 3.91. The number of carboxylic acids is 1. The van der Waals surface area contributed by atoms with Crippen molar-refractivity contribution in [1.29, 1.82) is 0 Å². The van der Waals surface area contributed by atoms with E-state index in [9.17, 15) is 23.1 Å². The van der Waals surface area contributed by atoms with E-state index < -0.39 is 27.7 Å². The van der Waals surface area contributed by atoms with E-state index in [1.54, 1.807) is 68.4 Å². The monoisotopic (exact) mass is 499 g/mol. The molecule has 0 spiro atoms. The van der Waals surface area contributed by atoms with E-state index in [1.165, 1.54) is 7.11 Å². The molecule has 35 heavy (non-hydrogen) atoms. The van der Waals surface area contributed by atoms with Crippen molar-refractivity contribution in [2.24, 2.45) is 0 Å². The zero-order valence-corrected chi connectivity index (χ0v) is 20.7. The Morgan fingerprint density at radius 1 is 1.00 bits per heavy atom. The molecule has 1 heterocycles. The summed E-state index contributed by atoms with van der Waals surface area (Å²) in [5.74, 6) is -2.93. The molecule has 0 bridgehead atoms. The summed E-state index contributed by atoms with van der Waals surface area (Å²) < 4.78 is 38.4. The number of carbonyl (C=O) groups is 2. The molecule has 0 aromatic heterocycles. The van der Waals surface area contributed by atoms with Gasteiger partial charge in [0.2, 0.25) is 0 Å². The van der Waals surface area contributed by atoms with Crippen LogP contribution in [0.1, 0.15) is 43.7 Å². The maximum Gasteiger partial charge on any atom is 0.334 e. The number of dihydropyridines is 1. The number of nitrogens with one attached hydrogen (secondary N) is 1. The highest BCUT2D eigenvalue weighted by molar-refractivity contribution is 7.94. The first kappa shape index (κ1) is 26.0. The highest BCUT2D eigenvalue weighted by Crippen LogP contribution is 2.45. The normalized spacial score (nSPS) is 16.0. The number of carbonyl (C=O) groups excluding carboxylic acids is 1. The second kappa shape index (κ2) is 11.2. The fourth-order valence-corrected chi connectivity index (χ4v) is 6.08. The molecule has 3 rings (SSSR count). The molecule has 0 fully saturated rings. The molecular weight excluding hydrogens is 470 g/mol. The van der Waals surface area contributed by atoms with Gasteiger partial charge in [0.25, 0.3) is 0 Å². The van der Waals surface area contributed by atoms with E-state index in [0.29, 0.717) is 22.6 Å². The molecule has 2 aromatic rings. The molecule has 2 N–H and O–H groups in total. The Morgan fingerprint density at radius 2 is 1.66 bits per heavy atom. The zero-order valence-electron chi connectivity index (χ0n) is 19.9. The van der Waals surface area contributed by atoms with Crippen LogP contribution >= 0.6 is 0 Å². The van der Waals surface area contributed by atoms with Crippen molar-refractivity contribution in [1.82, 2.24) is 5.32 Å². The van der Waals surface area contributed by atoms with Gasteiger partial charge in [-0.1, -0.05) is 62.4 Å². The van der Waals surface area contributed by atoms with Crippen LogP contribution in [0.25, 0.3) is 0 Å². The first-order chi connectivity index (χ1) is 16.7. The molecule has 2 aromatic carbocycles. The lowest BCUT2D eigenvalue weighted by atomic mass is 9.85. The first-order valence-corrected chi connectivity index (χ1v) is 12.9. The number of methoxy groups -OCH3 is 1.